The van der Waals surface area contributed by atoms with Gasteiger partial charge in [-0.2, -0.15) is 0 Å². The van der Waals surface area contributed by atoms with Gasteiger partial charge in [-0.3, -0.25) is 0 Å². The van der Waals surface area contributed by atoms with E-state index in [1.54, 1.807) is 11.1 Å². The summed E-state index contributed by atoms with van der Waals surface area (Å²) in [7, 11) is 0. The van der Waals surface area contributed by atoms with Crippen molar-refractivity contribution in [2.75, 3.05) is 0 Å². The summed E-state index contributed by atoms with van der Waals surface area (Å²) in [6.45, 7) is 4.88. The third-order valence-electron chi connectivity index (χ3n) is 5.86. The second kappa shape index (κ2) is 2.65. The standard InChI is InChI=1S/C14H22/c1-11-12(2)14(7-4-8-14)10-9-13(11)5-3-6-13/h3-10H2,1-2H3. The van der Waals surface area contributed by atoms with E-state index in [0.717, 1.165) is 0 Å². The van der Waals surface area contributed by atoms with E-state index >= 15 is 0 Å². The molecule has 0 unspecified atom stereocenters. The first-order valence-corrected chi connectivity index (χ1v) is 6.37. The maximum Gasteiger partial charge on any atom is -0.00877 e. The molecule has 78 valence electrons. The molecule has 0 aliphatic heterocycles. The lowest BCUT2D eigenvalue weighted by Crippen LogP contribution is -2.42. The van der Waals surface area contributed by atoms with Gasteiger partial charge in [-0.05, 0) is 63.2 Å². The van der Waals surface area contributed by atoms with Crippen molar-refractivity contribution in [3.63, 3.8) is 0 Å². The summed E-state index contributed by atoms with van der Waals surface area (Å²) < 4.78 is 0. The van der Waals surface area contributed by atoms with Gasteiger partial charge in [0.1, 0.15) is 0 Å². The molecule has 0 aromatic rings. The van der Waals surface area contributed by atoms with E-state index in [4.69, 9.17) is 0 Å². The fourth-order valence-corrected chi connectivity index (χ4v) is 4.11. The molecule has 0 aromatic carbocycles. The molecular formula is C14H22. The van der Waals surface area contributed by atoms with Crippen LogP contribution in [0.15, 0.2) is 11.1 Å². The maximum absolute atomic E-state index is 2.44. The Labute approximate surface area is 87.8 Å². The van der Waals surface area contributed by atoms with Crippen molar-refractivity contribution in [2.45, 2.75) is 65.2 Å². The highest BCUT2D eigenvalue weighted by atomic mass is 14.5. The Morgan fingerprint density at radius 2 is 1.00 bits per heavy atom. The SMILES string of the molecule is CC1=C(C)C2(CCC2)CCC12CCC2. The molecule has 2 saturated carbocycles. The molecule has 0 radical (unpaired) electrons. The molecule has 0 aromatic heterocycles. The third kappa shape index (κ3) is 0.902. The van der Waals surface area contributed by atoms with Crippen LogP contribution in [0.2, 0.25) is 0 Å². The van der Waals surface area contributed by atoms with E-state index in [1.165, 1.54) is 51.4 Å². The molecule has 0 heteroatoms. The Morgan fingerprint density at radius 1 is 0.643 bits per heavy atom. The molecule has 3 aliphatic rings. The van der Waals surface area contributed by atoms with E-state index in [-0.39, 0.29) is 0 Å². The predicted octanol–water partition coefficient (Wildman–Crippen LogP) is 4.46. The van der Waals surface area contributed by atoms with Crippen LogP contribution in [0.1, 0.15) is 65.2 Å². The lowest BCUT2D eigenvalue weighted by molar-refractivity contribution is 0.0691. The highest BCUT2D eigenvalue weighted by Crippen LogP contribution is 2.63. The Balaban J connectivity index is 1.97. The monoisotopic (exact) mass is 190 g/mol. The van der Waals surface area contributed by atoms with Gasteiger partial charge in [0, 0.05) is 0 Å². The first kappa shape index (κ1) is 9.00. The molecule has 14 heavy (non-hydrogen) atoms. The van der Waals surface area contributed by atoms with Gasteiger partial charge < -0.3 is 0 Å². The van der Waals surface area contributed by atoms with Gasteiger partial charge in [0.2, 0.25) is 0 Å². The summed E-state index contributed by atoms with van der Waals surface area (Å²) in [4.78, 5) is 0. The minimum absolute atomic E-state index is 0.699. The number of hydrogen-bond donors (Lipinski definition) is 0. The number of rotatable bonds is 0. The smallest absolute Gasteiger partial charge is 0.00877 e. The molecule has 0 heterocycles. The summed E-state index contributed by atoms with van der Waals surface area (Å²) in [6.07, 6.45) is 12.0. The van der Waals surface area contributed by atoms with Crippen molar-refractivity contribution < 1.29 is 0 Å². The highest BCUT2D eigenvalue weighted by molar-refractivity contribution is 5.32. The molecule has 3 rings (SSSR count). The van der Waals surface area contributed by atoms with Crippen LogP contribution in [0.25, 0.3) is 0 Å². The molecule has 0 nitrogen and oxygen atoms in total. The van der Waals surface area contributed by atoms with E-state index < -0.39 is 0 Å². The molecule has 0 atom stereocenters. The Hall–Kier alpha value is -0.260. The molecule has 0 N–H and O–H groups in total. The van der Waals surface area contributed by atoms with Crippen molar-refractivity contribution in [1.29, 1.82) is 0 Å². The fourth-order valence-electron chi connectivity index (χ4n) is 4.11. The Morgan fingerprint density at radius 3 is 1.21 bits per heavy atom. The minimum Gasteiger partial charge on any atom is -0.0676 e. The summed E-state index contributed by atoms with van der Waals surface area (Å²) >= 11 is 0. The van der Waals surface area contributed by atoms with E-state index in [0.29, 0.717) is 10.8 Å². The zero-order valence-electron chi connectivity index (χ0n) is 9.66. The van der Waals surface area contributed by atoms with Crippen LogP contribution in [0.3, 0.4) is 0 Å². The molecule has 0 saturated heterocycles. The summed E-state index contributed by atoms with van der Waals surface area (Å²) in [6, 6.07) is 0. The zero-order chi connectivity index (χ0) is 9.81. The molecule has 0 amide bonds. The molecule has 3 aliphatic carbocycles. The Bertz CT molecular complexity index is 257. The Kier molecular flexibility index (Phi) is 1.70. The van der Waals surface area contributed by atoms with E-state index in [1.807, 2.05) is 0 Å². The van der Waals surface area contributed by atoms with Crippen LogP contribution in [-0.2, 0) is 0 Å². The van der Waals surface area contributed by atoms with Crippen LogP contribution in [0.4, 0.5) is 0 Å². The van der Waals surface area contributed by atoms with Crippen LogP contribution in [0.5, 0.6) is 0 Å². The average Bonchev–Trinajstić information content (AvgIpc) is 2.04. The molecule has 2 fully saturated rings. The quantitative estimate of drug-likeness (QED) is 0.495. The first-order valence-electron chi connectivity index (χ1n) is 6.37. The van der Waals surface area contributed by atoms with Gasteiger partial charge in [-0.1, -0.05) is 24.0 Å². The first-order chi connectivity index (χ1) is 6.69. The van der Waals surface area contributed by atoms with E-state index in [2.05, 4.69) is 13.8 Å². The summed E-state index contributed by atoms with van der Waals surface area (Å²) in [5.41, 5.74) is 5.00. The van der Waals surface area contributed by atoms with Gasteiger partial charge >= 0.3 is 0 Å². The second-order valence-electron chi connectivity index (χ2n) is 6.02. The molecule has 0 bridgehead atoms. The van der Waals surface area contributed by atoms with Crippen LogP contribution in [-0.4, -0.2) is 0 Å². The lowest BCUT2D eigenvalue weighted by atomic mass is 9.49. The minimum atomic E-state index is 0.699. The summed E-state index contributed by atoms with van der Waals surface area (Å²) in [5, 5.41) is 0. The third-order valence-corrected chi connectivity index (χ3v) is 5.86. The molecular weight excluding hydrogens is 168 g/mol. The number of allylic oxidation sites excluding steroid dienone is 2. The van der Waals surface area contributed by atoms with E-state index in [9.17, 15) is 0 Å². The lowest BCUT2D eigenvalue weighted by Gasteiger charge is -2.56. The zero-order valence-corrected chi connectivity index (χ0v) is 9.66. The van der Waals surface area contributed by atoms with Gasteiger partial charge in [0.25, 0.3) is 0 Å². The van der Waals surface area contributed by atoms with Crippen LogP contribution >= 0.6 is 0 Å². The molecule has 2 spiro atoms. The van der Waals surface area contributed by atoms with Crippen LogP contribution < -0.4 is 0 Å². The van der Waals surface area contributed by atoms with Crippen molar-refractivity contribution in [1.82, 2.24) is 0 Å². The van der Waals surface area contributed by atoms with Crippen molar-refractivity contribution in [2.24, 2.45) is 10.8 Å². The maximum atomic E-state index is 2.44. The normalized spacial score (nSPS) is 33.0. The average molecular weight is 190 g/mol. The highest BCUT2D eigenvalue weighted by Gasteiger charge is 2.49. The van der Waals surface area contributed by atoms with Gasteiger partial charge in [-0.25, -0.2) is 0 Å². The fraction of sp³-hybridized carbons (Fsp3) is 0.857. The number of hydrogen-bond acceptors (Lipinski definition) is 0. The topological polar surface area (TPSA) is 0 Å². The van der Waals surface area contributed by atoms with Crippen molar-refractivity contribution in [3.05, 3.63) is 11.1 Å². The summed E-state index contributed by atoms with van der Waals surface area (Å²) in [5.74, 6) is 0. The van der Waals surface area contributed by atoms with Crippen molar-refractivity contribution >= 4 is 0 Å². The van der Waals surface area contributed by atoms with Gasteiger partial charge in [0.15, 0.2) is 0 Å². The second-order valence-corrected chi connectivity index (χ2v) is 6.02. The van der Waals surface area contributed by atoms with Gasteiger partial charge in [-0.15, -0.1) is 0 Å². The van der Waals surface area contributed by atoms with Crippen LogP contribution in [0, 0.1) is 10.8 Å². The predicted molar refractivity (Wildman–Crippen MR) is 60.2 cm³/mol. The van der Waals surface area contributed by atoms with Crippen molar-refractivity contribution in [3.8, 4) is 0 Å². The van der Waals surface area contributed by atoms with Gasteiger partial charge in [0.05, 0.1) is 0 Å². The largest absolute Gasteiger partial charge is 0.0676 e.